The van der Waals surface area contributed by atoms with E-state index in [1.165, 1.54) is 0 Å². The topological polar surface area (TPSA) is 57.5 Å². The van der Waals surface area contributed by atoms with Crippen molar-refractivity contribution in [1.29, 1.82) is 0 Å². The maximum Gasteiger partial charge on any atom is 0.313 e. The van der Waals surface area contributed by atoms with Gasteiger partial charge in [-0.05, 0) is 25.8 Å². The number of carboxylic acids is 1. The normalized spacial score (nSPS) is 14.6. The van der Waals surface area contributed by atoms with Crippen molar-refractivity contribution in [3.63, 3.8) is 0 Å². The van der Waals surface area contributed by atoms with Gasteiger partial charge in [0, 0.05) is 6.61 Å². The molecule has 3 heteroatoms. The molecular weight excluding hydrogens is 192 g/mol. The fourth-order valence-electron chi connectivity index (χ4n) is 1.59. The summed E-state index contributed by atoms with van der Waals surface area (Å²) in [4.78, 5) is 11.2. The minimum atomic E-state index is -0.999. The van der Waals surface area contributed by atoms with Crippen LogP contribution in [0.3, 0.4) is 0 Å². The van der Waals surface area contributed by atoms with Gasteiger partial charge in [0.1, 0.15) is 0 Å². The predicted octanol–water partition coefficient (Wildman–Crippen LogP) is 1.72. The van der Waals surface area contributed by atoms with Crippen LogP contribution in [0, 0.1) is 6.92 Å². The first kappa shape index (κ1) is 11.7. The third-order valence-electron chi connectivity index (χ3n) is 2.74. The molecule has 0 aliphatic carbocycles. The average Bonchev–Trinajstić information content (AvgIpc) is 2.17. The summed E-state index contributed by atoms with van der Waals surface area (Å²) in [6.45, 7) is 3.43. The van der Waals surface area contributed by atoms with E-state index in [9.17, 15) is 9.90 Å². The number of carboxylic acid groups (broad SMARTS) is 1. The molecule has 0 fully saturated rings. The van der Waals surface area contributed by atoms with E-state index in [1.807, 2.05) is 25.1 Å². The lowest BCUT2D eigenvalue weighted by molar-refractivity contribution is -0.143. The van der Waals surface area contributed by atoms with E-state index in [2.05, 4.69) is 0 Å². The van der Waals surface area contributed by atoms with Crippen molar-refractivity contribution < 1.29 is 15.0 Å². The Morgan fingerprint density at radius 2 is 2.13 bits per heavy atom. The van der Waals surface area contributed by atoms with Gasteiger partial charge in [-0.1, -0.05) is 29.8 Å². The summed E-state index contributed by atoms with van der Waals surface area (Å²) in [6, 6.07) is 7.40. The molecule has 0 aliphatic heterocycles. The molecule has 1 rings (SSSR count). The van der Waals surface area contributed by atoms with Crippen LogP contribution in [0.1, 0.15) is 24.5 Å². The zero-order chi connectivity index (χ0) is 11.5. The molecule has 0 saturated heterocycles. The highest BCUT2D eigenvalue weighted by Gasteiger charge is 2.34. The summed E-state index contributed by atoms with van der Waals surface area (Å²) in [6.07, 6.45) is 0.228. The van der Waals surface area contributed by atoms with E-state index in [1.54, 1.807) is 13.0 Å². The van der Waals surface area contributed by atoms with Gasteiger partial charge in [-0.15, -0.1) is 0 Å². The third kappa shape index (κ3) is 2.36. The summed E-state index contributed by atoms with van der Waals surface area (Å²) < 4.78 is 0. The number of aliphatic hydroxyl groups is 1. The number of carbonyl (C=O) groups is 1. The summed E-state index contributed by atoms with van der Waals surface area (Å²) in [5.41, 5.74) is 0.766. The smallest absolute Gasteiger partial charge is 0.313 e. The van der Waals surface area contributed by atoms with Gasteiger partial charge >= 0.3 is 5.97 Å². The van der Waals surface area contributed by atoms with Crippen LogP contribution in [-0.2, 0) is 10.2 Å². The standard InChI is InChI=1S/C12H16O3/c1-9-4-3-5-10(8-9)12(2,6-7-13)11(14)15/h3-5,8,13H,6-7H2,1-2H3,(H,14,15). The minimum Gasteiger partial charge on any atom is -0.481 e. The molecular formula is C12H16O3. The highest BCUT2D eigenvalue weighted by Crippen LogP contribution is 2.28. The molecule has 3 nitrogen and oxygen atoms in total. The highest BCUT2D eigenvalue weighted by atomic mass is 16.4. The molecule has 0 heterocycles. The van der Waals surface area contributed by atoms with E-state index >= 15 is 0 Å². The number of aryl methyl sites for hydroxylation is 1. The largest absolute Gasteiger partial charge is 0.481 e. The summed E-state index contributed by atoms with van der Waals surface area (Å²) >= 11 is 0. The quantitative estimate of drug-likeness (QED) is 0.792. The van der Waals surface area contributed by atoms with Gasteiger partial charge in [0.15, 0.2) is 0 Å². The van der Waals surface area contributed by atoms with Crippen LogP contribution in [0.25, 0.3) is 0 Å². The van der Waals surface area contributed by atoms with Crippen molar-refractivity contribution in [3.05, 3.63) is 35.4 Å². The molecule has 1 unspecified atom stereocenters. The first-order valence-electron chi connectivity index (χ1n) is 4.92. The van der Waals surface area contributed by atoms with Gasteiger partial charge in [0.05, 0.1) is 5.41 Å². The monoisotopic (exact) mass is 208 g/mol. The number of hydrogen-bond donors (Lipinski definition) is 2. The number of aliphatic hydroxyl groups excluding tert-OH is 1. The van der Waals surface area contributed by atoms with Crippen molar-refractivity contribution in [2.24, 2.45) is 0 Å². The lowest BCUT2D eigenvalue weighted by Crippen LogP contribution is -2.33. The molecule has 2 N–H and O–H groups in total. The van der Waals surface area contributed by atoms with Crippen LogP contribution < -0.4 is 0 Å². The van der Waals surface area contributed by atoms with E-state index in [0.29, 0.717) is 0 Å². The predicted molar refractivity (Wildman–Crippen MR) is 57.9 cm³/mol. The maximum absolute atomic E-state index is 11.2. The molecule has 0 aromatic heterocycles. The van der Waals surface area contributed by atoms with E-state index in [0.717, 1.165) is 11.1 Å². The Hall–Kier alpha value is -1.35. The number of hydrogen-bond acceptors (Lipinski definition) is 2. The molecule has 1 aromatic carbocycles. The second-order valence-electron chi connectivity index (χ2n) is 3.98. The molecule has 82 valence electrons. The van der Waals surface area contributed by atoms with E-state index in [-0.39, 0.29) is 13.0 Å². The third-order valence-corrected chi connectivity index (χ3v) is 2.74. The maximum atomic E-state index is 11.2. The lowest BCUT2D eigenvalue weighted by atomic mass is 9.79. The first-order chi connectivity index (χ1) is 7.00. The molecule has 0 radical (unpaired) electrons. The van der Waals surface area contributed by atoms with E-state index in [4.69, 9.17) is 5.11 Å². The van der Waals surface area contributed by atoms with E-state index < -0.39 is 11.4 Å². The number of aliphatic carboxylic acids is 1. The van der Waals surface area contributed by atoms with Crippen LogP contribution in [0.2, 0.25) is 0 Å². The SMILES string of the molecule is Cc1cccc(C(C)(CCO)C(=O)O)c1. The Kier molecular flexibility index (Phi) is 3.48. The molecule has 0 saturated carbocycles. The minimum absolute atomic E-state index is 0.128. The Morgan fingerprint density at radius 3 is 2.60 bits per heavy atom. The van der Waals surface area contributed by atoms with Crippen molar-refractivity contribution in [2.45, 2.75) is 25.7 Å². The van der Waals surface area contributed by atoms with Gasteiger partial charge < -0.3 is 10.2 Å². The van der Waals surface area contributed by atoms with Crippen LogP contribution >= 0.6 is 0 Å². The van der Waals surface area contributed by atoms with Crippen LogP contribution in [0.5, 0.6) is 0 Å². The average molecular weight is 208 g/mol. The van der Waals surface area contributed by atoms with Crippen molar-refractivity contribution >= 4 is 5.97 Å². The highest BCUT2D eigenvalue weighted by molar-refractivity contribution is 5.80. The van der Waals surface area contributed by atoms with Crippen molar-refractivity contribution in [2.75, 3.05) is 6.61 Å². The van der Waals surface area contributed by atoms with Gasteiger partial charge in [-0.3, -0.25) is 4.79 Å². The Balaban J connectivity index is 3.15. The fourth-order valence-corrected chi connectivity index (χ4v) is 1.59. The summed E-state index contributed by atoms with van der Waals surface area (Å²) in [5, 5.41) is 18.1. The van der Waals surface area contributed by atoms with Gasteiger partial charge in [-0.25, -0.2) is 0 Å². The van der Waals surface area contributed by atoms with Gasteiger partial charge in [0.25, 0.3) is 0 Å². The van der Waals surface area contributed by atoms with Crippen LogP contribution in [0.15, 0.2) is 24.3 Å². The first-order valence-corrected chi connectivity index (χ1v) is 4.92. The lowest BCUT2D eigenvalue weighted by Gasteiger charge is -2.24. The second kappa shape index (κ2) is 4.45. The molecule has 1 atom stereocenters. The van der Waals surface area contributed by atoms with Crippen molar-refractivity contribution in [3.8, 4) is 0 Å². The second-order valence-corrected chi connectivity index (χ2v) is 3.98. The molecule has 0 aliphatic rings. The Labute approximate surface area is 89.4 Å². The number of rotatable bonds is 4. The molecule has 15 heavy (non-hydrogen) atoms. The van der Waals surface area contributed by atoms with Gasteiger partial charge in [0.2, 0.25) is 0 Å². The van der Waals surface area contributed by atoms with Crippen molar-refractivity contribution in [1.82, 2.24) is 0 Å². The molecule has 1 aromatic rings. The Bertz CT molecular complexity index is 360. The summed E-state index contributed by atoms with van der Waals surface area (Å²) in [5.74, 6) is -0.901. The molecule has 0 bridgehead atoms. The van der Waals surface area contributed by atoms with Gasteiger partial charge in [-0.2, -0.15) is 0 Å². The Morgan fingerprint density at radius 1 is 1.47 bits per heavy atom. The summed E-state index contributed by atoms with van der Waals surface area (Å²) in [7, 11) is 0. The molecule has 0 spiro atoms. The fraction of sp³-hybridized carbons (Fsp3) is 0.417. The number of benzene rings is 1. The zero-order valence-electron chi connectivity index (χ0n) is 9.03. The van der Waals surface area contributed by atoms with Crippen LogP contribution in [-0.4, -0.2) is 22.8 Å². The molecule has 0 amide bonds. The zero-order valence-corrected chi connectivity index (χ0v) is 9.03. The van der Waals surface area contributed by atoms with Crippen LogP contribution in [0.4, 0.5) is 0 Å².